The third kappa shape index (κ3) is 4.51. The molecule has 0 rings (SSSR count). The highest BCUT2D eigenvalue weighted by Crippen LogP contribution is 2.10. The summed E-state index contributed by atoms with van der Waals surface area (Å²) < 4.78 is 33.9. The minimum Gasteiger partial charge on any atom is -0.258 e. The van der Waals surface area contributed by atoms with Gasteiger partial charge in [-0.3, -0.25) is 10.1 Å². The summed E-state index contributed by atoms with van der Waals surface area (Å²) in [6.45, 7) is 2.99. The van der Waals surface area contributed by atoms with Crippen LogP contribution in [-0.2, 0) is 9.84 Å². The van der Waals surface area contributed by atoms with Gasteiger partial charge in [-0.15, -0.1) is 0 Å². The number of halogens is 1. The topological polar surface area (TPSA) is 77.3 Å². The van der Waals surface area contributed by atoms with Gasteiger partial charge in [0.15, 0.2) is 15.7 Å². The number of hydrogen-bond donors (Lipinski definition) is 0. The fourth-order valence-electron chi connectivity index (χ4n) is 0.520. The second-order valence-electron chi connectivity index (χ2n) is 2.33. The molecular weight excluding hydrogens is 213 g/mol. The van der Waals surface area contributed by atoms with Crippen molar-refractivity contribution in [3.8, 4) is 0 Å². The lowest BCUT2D eigenvalue weighted by Crippen LogP contribution is -1.99. The highest BCUT2D eigenvalue weighted by Gasteiger charge is 2.13. The van der Waals surface area contributed by atoms with E-state index in [-0.39, 0.29) is 0 Å². The third-order valence-corrected chi connectivity index (χ3v) is 1.72. The highest BCUT2D eigenvalue weighted by molar-refractivity contribution is 7.93. The van der Waals surface area contributed by atoms with Gasteiger partial charge < -0.3 is 0 Å². The van der Waals surface area contributed by atoms with Gasteiger partial charge in [0, 0.05) is 17.7 Å². The van der Waals surface area contributed by atoms with Crippen LogP contribution < -0.4 is 0 Å². The van der Waals surface area contributed by atoms with Crippen molar-refractivity contribution in [3.63, 3.8) is 0 Å². The lowest BCUT2D eigenvalue weighted by molar-refractivity contribution is -0.420. The maximum Gasteiger partial charge on any atom is 0.305 e. The molecule has 0 aromatic carbocycles. The Morgan fingerprint density at radius 3 is 2.36 bits per heavy atom. The van der Waals surface area contributed by atoms with E-state index in [1.807, 2.05) is 0 Å². The molecule has 14 heavy (non-hydrogen) atoms. The average Bonchev–Trinajstić information content (AvgIpc) is 2.01. The third-order valence-electron chi connectivity index (χ3n) is 1.09. The average molecular weight is 221 g/mol. The first-order valence-corrected chi connectivity index (χ1v) is 5.28. The molecule has 0 radical (unpaired) electrons. The Bertz CT molecular complexity index is 407. The maximum atomic E-state index is 12.7. The molecule has 0 aromatic rings. The molecule has 0 saturated carbocycles. The van der Waals surface area contributed by atoms with Gasteiger partial charge in [0.25, 0.3) is 0 Å². The molecule has 78 valence electrons. The molecule has 0 fully saturated rings. The van der Waals surface area contributed by atoms with Gasteiger partial charge in [-0.25, -0.2) is 8.42 Å². The summed E-state index contributed by atoms with van der Waals surface area (Å²) >= 11 is 0. The van der Waals surface area contributed by atoms with Crippen molar-refractivity contribution in [1.29, 1.82) is 0 Å². The molecular formula is C7H8FNO4S. The maximum absolute atomic E-state index is 12.7. The van der Waals surface area contributed by atoms with E-state index in [0.717, 1.165) is 6.26 Å². The van der Waals surface area contributed by atoms with Crippen LogP contribution in [0, 0.1) is 10.1 Å². The number of sulfone groups is 1. The molecule has 0 unspecified atom stereocenters. The molecule has 0 bridgehead atoms. The van der Waals surface area contributed by atoms with E-state index in [1.54, 1.807) is 0 Å². The van der Waals surface area contributed by atoms with Crippen LogP contribution >= 0.6 is 0 Å². The van der Waals surface area contributed by atoms with Gasteiger partial charge in [0.05, 0.1) is 4.92 Å². The lowest BCUT2D eigenvalue weighted by atomic mass is 10.4. The quantitative estimate of drug-likeness (QED) is 0.406. The number of nitro groups is 1. The van der Waals surface area contributed by atoms with Gasteiger partial charge >= 0.3 is 5.70 Å². The Morgan fingerprint density at radius 2 is 2.07 bits per heavy atom. The summed E-state index contributed by atoms with van der Waals surface area (Å²) in [4.78, 5) is 9.20. The highest BCUT2D eigenvalue weighted by atomic mass is 32.2. The molecule has 0 aromatic heterocycles. The normalized spacial score (nSPS) is 13.9. The van der Waals surface area contributed by atoms with Gasteiger partial charge in [0.1, 0.15) is 0 Å². The van der Waals surface area contributed by atoms with Crippen LogP contribution in [0.3, 0.4) is 0 Å². The number of rotatable bonds is 4. The van der Waals surface area contributed by atoms with Crippen LogP contribution in [0.4, 0.5) is 4.39 Å². The molecule has 0 N–H and O–H groups in total. The van der Waals surface area contributed by atoms with Gasteiger partial charge in [-0.1, -0.05) is 6.58 Å². The van der Waals surface area contributed by atoms with Crippen molar-refractivity contribution < 1.29 is 17.7 Å². The van der Waals surface area contributed by atoms with Crippen molar-refractivity contribution in [1.82, 2.24) is 0 Å². The first kappa shape index (κ1) is 12.5. The first-order valence-electron chi connectivity index (χ1n) is 3.32. The second kappa shape index (κ2) is 4.66. The molecule has 7 heteroatoms. The van der Waals surface area contributed by atoms with Crippen LogP contribution in [0.15, 0.2) is 35.7 Å². The summed E-state index contributed by atoms with van der Waals surface area (Å²) in [5, 5.41) is 10.8. The summed E-state index contributed by atoms with van der Waals surface area (Å²) in [6.07, 6.45) is 2.05. The molecule has 0 atom stereocenters. The number of nitrogens with zero attached hydrogens (tertiary/aromatic N) is 1. The van der Waals surface area contributed by atoms with Crippen LogP contribution in [0.1, 0.15) is 0 Å². The van der Waals surface area contributed by atoms with Gasteiger partial charge in [0.2, 0.25) is 0 Å². The minimum absolute atomic E-state index is 0.550. The zero-order chi connectivity index (χ0) is 11.4. The van der Waals surface area contributed by atoms with Crippen molar-refractivity contribution in [2.45, 2.75) is 0 Å². The molecule has 0 heterocycles. The van der Waals surface area contributed by atoms with Crippen molar-refractivity contribution in [2.24, 2.45) is 0 Å². The minimum atomic E-state index is -3.51. The van der Waals surface area contributed by atoms with Gasteiger partial charge in [-0.2, -0.15) is 4.39 Å². The molecule has 0 aliphatic heterocycles. The molecule has 0 amide bonds. The zero-order valence-corrected chi connectivity index (χ0v) is 8.12. The number of allylic oxidation sites excluding steroid dienone is 3. The van der Waals surface area contributed by atoms with Crippen molar-refractivity contribution >= 4 is 9.84 Å². The van der Waals surface area contributed by atoms with Crippen LogP contribution in [0.2, 0.25) is 0 Å². The van der Waals surface area contributed by atoms with Crippen LogP contribution in [-0.4, -0.2) is 19.6 Å². The molecule has 5 nitrogen and oxygen atoms in total. The lowest BCUT2D eigenvalue weighted by Gasteiger charge is -1.91. The van der Waals surface area contributed by atoms with Crippen LogP contribution in [0.5, 0.6) is 0 Å². The zero-order valence-electron chi connectivity index (χ0n) is 7.31. The predicted octanol–water partition coefficient (Wildman–Crippen LogP) is 1.19. The molecule has 0 spiro atoms. The predicted molar refractivity (Wildman–Crippen MR) is 49.3 cm³/mol. The van der Waals surface area contributed by atoms with E-state index in [2.05, 4.69) is 6.58 Å². The Hall–Kier alpha value is -1.50. The summed E-state index contributed by atoms with van der Waals surface area (Å²) in [5.74, 6) is -1.19. The molecule has 0 saturated heterocycles. The Morgan fingerprint density at radius 1 is 1.57 bits per heavy atom. The standard InChI is InChI=1S/C7H8FNO4S/c1-3-6(8)7(9(10)11)4-5-14(2,12)13/h3-5H,1H2,2H3/b5-4+,7-6-. The van der Waals surface area contributed by atoms with E-state index in [0.29, 0.717) is 17.6 Å². The first-order chi connectivity index (χ1) is 6.28. The SMILES string of the molecule is C=C/C(F)=C(\C=C\S(C)(=O)=O)[N+](=O)[O-]. The summed E-state index contributed by atoms with van der Waals surface area (Å²) in [7, 11) is -3.51. The molecule has 0 aliphatic rings. The molecule has 0 aliphatic carbocycles. The van der Waals surface area contributed by atoms with E-state index in [1.165, 1.54) is 0 Å². The van der Waals surface area contributed by atoms with E-state index in [9.17, 15) is 22.9 Å². The van der Waals surface area contributed by atoms with E-state index < -0.39 is 26.3 Å². The Balaban J connectivity index is 5.21. The van der Waals surface area contributed by atoms with E-state index >= 15 is 0 Å². The van der Waals surface area contributed by atoms with Gasteiger partial charge in [-0.05, 0) is 6.08 Å². The van der Waals surface area contributed by atoms with E-state index in [4.69, 9.17) is 0 Å². The largest absolute Gasteiger partial charge is 0.305 e. The Kier molecular flexibility index (Phi) is 4.16. The fraction of sp³-hybridized carbons (Fsp3) is 0.143. The second-order valence-corrected chi connectivity index (χ2v) is 4.26. The Labute approximate surface area is 80.3 Å². The monoisotopic (exact) mass is 221 g/mol. The number of hydrogen-bond acceptors (Lipinski definition) is 4. The summed E-state index contributed by atoms with van der Waals surface area (Å²) in [5.41, 5.74) is -0.939. The smallest absolute Gasteiger partial charge is 0.258 e. The fourth-order valence-corrected chi connectivity index (χ4v) is 0.896. The van der Waals surface area contributed by atoms with Crippen molar-refractivity contribution in [3.05, 3.63) is 45.8 Å². The van der Waals surface area contributed by atoms with Crippen molar-refractivity contribution in [2.75, 3.05) is 6.26 Å². The summed E-state index contributed by atoms with van der Waals surface area (Å²) in [6, 6.07) is 0. The van der Waals surface area contributed by atoms with Crippen LogP contribution in [0.25, 0.3) is 0 Å².